The minimum absolute atomic E-state index is 0.516. The van der Waals surface area contributed by atoms with E-state index in [1.54, 1.807) is 14.2 Å². The molecule has 0 aromatic heterocycles. The maximum absolute atomic E-state index is 5.99. The van der Waals surface area contributed by atoms with E-state index >= 15 is 0 Å². The van der Waals surface area contributed by atoms with Gasteiger partial charge in [-0.25, -0.2) is 0 Å². The molecular weight excluding hydrogens is 350 g/mol. The maximum Gasteiger partial charge on any atom is 0.161 e. The fourth-order valence-electron chi connectivity index (χ4n) is 2.95. The number of nitrogens with one attached hydrogen (secondary N) is 1. The van der Waals surface area contributed by atoms with Gasteiger partial charge < -0.3 is 19.5 Å². The van der Waals surface area contributed by atoms with Crippen molar-refractivity contribution in [2.24, 2.45) is 0 Å². The smallest absolute Gasteiger partial charge is 0.161 e. The summed E-state index contributed by atoms with van der Waals surface area (Å²) in [6.07, 6.45) is 0. The van der Waals surface area contributed by atoms with Crippen LogP contribution >= 0.6 is 0 Å². The average molecular weight is 377 g/mol. The lowest BCUT2D eigenvalue weighted by molar-refractivity contribution is 0.185. The summed E-state index contributed by atoms with van der Waals surface area (Å²) in [5.74, 6) is 1.50. The Balaban J connectivity index is 1.56. The van der Waals surface area contributed by atoms with Crippen molar-refractivity contribution in [1.29, 1.82) is 0 Å². The molecule has 28 heavy (non-hydrogen) atoms. The van der Waals surface area contributed by atoms with Crippen molar-refractivity contribution < 1.29 is 14.2 Å². The average Bonchev–Trinajstić information content (AvgIpc) is 2.74. The Morgan fingerprint density at radius 1 is 0.643 bits per heavy atom. The normalized spacial score (nSPS) is 10.6. The number of benzene rings is 3. The highest BCUT2D eigenvalue weighted by Crippen LogP contribution is 2.29. The molecule has 0 saturated heterocycles. The predicted octanol–water partition coefficient (Wildman–Crippen LogP) is 4.71. The first-order valence-electron chi connectivity index (χ1n) is 9.39. The Morgan fingerprint density at radius 3 is 2.00 bits per heavy atom. The number of ether oxygens (including phenoxy) is 3. The molecule has 146 valence electrons. The van der Waals surface area contributed by atoms with E-state index in [1.165, 1.54) is 11.1 Å². The Kier molecular flexibility index (Phi) is 7.47. The molecule has 0 bridgehead atoms. The first kappa shape index (κ1) is 19.9. The summed E-state index contributed by atoms with van der Waals surface area (Å²) in [4.78, 5) is 0. The van der Waals surface area contributed by atoms with Gasteiger partial charge in [0.05, 0.1) is 13.7 Å². The van der Waals surface area contributed by atoms with Gasteiger partial charge >= 0.3 is 0 Å². The molecular formula is C24H27NO3. The summed E-state index contributed by atoms with van der Waals surface area (Å²) >= 11 is 0. The maximum atomic E-state index is 5.99. The molecule has 0 heterocycles. The molecule has 0 radical (unpaired) electrons. The van der Waals surface area contributed by atoms with Gasteiger partial charge in [0, 0.05) is 20.2 Å². The first-order chi connectivity index (χ1) is 13.8. The Hall–Kier alpha value is -2.82. The highest BCUT2D eigenvalue weighted by molar-refractivity contribution is 5.43. The van der Waals surface area contributed by atoms with Gasteiger partial charge in [-0.05, 0) is 34.4 Å². The van der Waals surface area contributed by atoms with Gasteiger partial charge in [0.1, 0.15) is 6.61 Å². The molecule has 1 N–H and O–H groups in total. The summed E-state index contributed by atoms with van der Waals surface area (Å²) in [6.45, 7) is 2.72. The summed E-state index contributed by atoms with van der Waals surface area (Å²) in [7, 11) is 3.37. The van der Waals surface area contributed by atoms with Crippen LogP contribution in [0.2, 0.25) is 0 Å². The lowest BCUT2D eigenvalue weighted by Crippen LogP contribution is -2.13. The van der Waals surface area contributed by atoms with Gasteiger partial charge in [0.25, 0.3) is 0 Å². The zero-order chi connectivity index (χ0) is 19.6. The van der Waals surface area contributed by atoms with Crippen LogP contribution in [-0.2, 0) is 31.0 Å². The van der Waals surface area contributed by atoms with Crippen LogP contribution in [0.4, 0.5) is 0 Å². The molecule has 0 amide bonds. The van der Waals surface area contributed by atoms with Crippen LogP contribution < -0.4 is 14.8 Å². The molecule has 3 aromatic carbocycles. The zero-order valence-electron chi connectivity index (χ0n) is 16.5. The second-order valence-corrected chi connectivity index (χ2v) is 6.61. The SMILES string of the molecule is COCc1ccc(CNCc2ccc(OC)c(OCc3ccccc3)c2)cc1. The number of rotatable bonds is 10. The molecule has 4 heteroatoms. The van der Waals surface area contributed by atoms with E-state index in [1.807, 2.05) is 30.3 Å². The molecule has 3 rings (SSSR count). The molecule has 0 saturated carbocycles. The number of hydrogen-bond acceptors (Lipinski definition) is 4. The van der Waals surface area contributed by atoms with Crippen LogP contribution in [0.3, 0.4) is 0 Å². The Morgan fingerprint density at radius 2 is 1.29 bits per heavy atom. The van der Waals surface area contributed by atoms with Crippen LogP contribution in [0.15, 0.2) is 72.8 Å². The van der Waals surface area contributed by atoms with Crippen molar-refractivity contribution in [1.82, 2.24) is 5.32 Å². The minimum Gasteiger partial charge on any atom is -0.493 e. The van der Waals surface area contributed by atoms with Crippen molar-refractivity contribution in [2.75, 3.05) is 14.2 Å². The summed E-state index contributed by atoms with van der Waals surface area (Å²) < 4.78 is 16.6. The minimum atomic E-state index is 0.516. The van der Waals surface area contributed by atoms with Crippen molar-refractivity contribution >= 4 is 0 Å². The Labute approximate surface area is 167 Å². The molecule has 0 aliphatic carbocycles. The number of methoxy groups -OCH3 is 2. The third-order valence-electron chi connectivity index (χ3n) is 4.46. The third-order valence-corrected chi connectivity index (χ3v) is 4.46. The van der Waals surface area contributed by atoms with Gasteiger partial charge in [0.15, 0.2) is 11.5 Å². The topological polar surface area (TPSA) is 39.7 Å². The monoisotopic (exact) mass is 377 g/mol. The lowest BCUT2D eigenvalue weighted by atomic mass is 10.1. The second-order valence-electron chi connectivity index (χ2n) is 6.61. The van der Waals surface area contributed by atoms with Crippen LogP contribution in [0, 0.1) is 0 Å². The summed E-state index contributed by atoms with van der Waals surface area (Å²) in [6, 6.07) is 24.6. The van der Waals surface area contributed by atoms with Crippen LogP contribution in [0.1, 0.15) is 22.3 Å². The van der Waals surface area contributed by atoms with Crippen molar-refractivity contribution in [3.8, 4) is 11.5 Å². The van der Waals surface area contributed by atoms with Crippen molar-refractivity contribution in [3.05, 3.63) is 95.1 Å². The quantitative estimate of drug-likeness (QED) is 0.555. The van der Waals surface area contributed by atoms with Crippen molar-refractivity contribution in [2.45, 2.75) is 26.3 Å². The van der Waals surface area contributed by atoms with E-state index < -0.39 is 0 Å². The highest BCUT2D eigenvalue weighted by Gasteiger charge is 2.06. The van der Waals surface area contributed by atoms with E-state index in [-0.39, 0.29) is 0 Å². The standard InChI is InChI=1S/C24H27NO3/c1-26-17-21-10-8-19(9-11-21)15-25-16-22-12-13-23(27-2)24(14-22)28-18-20-6-4-3-5-7-20/h3-14,25H,15-18H2,1-2H3. The summed E-state index contributed by atoms with van der Waals surface area (Å²) in [5.41, 5.74) is 4.71. The predicted molar refractivity (Wildman–Crippen MR) is 111 cm³/mol. The van der Waals surface area contributed by atoms with E-state index in [0.717, 1.165) is 35.7 Å². The lowest BCUT2D eigenvalue weighted by Gasteiger charge is -2.13. The fraction of sp³-hybridized carbons (Fsp3) is 0.250. The van der Waals surface area contributed by atoms with E-state index in [0.29, 0.717) is 13.2 Å². The fourth-order valence-corrected chi connectivity index (χ4v) is 2.95. The van der Waals surface area contributed by atoms with E-state index in [9.17, 15) is 0 Å². The first-order valence-corrected chi connectivity index (χ1v) is 9.39. The summed E-state index contributed by atoms with van der Waals surface area (Å²) in [5, 5.41) is 3.48. The van der Waals surface area contributed by atoms with E-state index in [4.69, 9.17) is 14.2 Å². The number of hydrogen-bond donors (Lipinski definition) is 1. The van der Waals surface area contributed by atoms with Crippen LogP contribution in [0.5, 0.6) is 11.5 Å². The zero-order valence-corrected chi connectivity index (χ0v) is 16.5. The molecule has 0 atom stereocenters. The molecule has 0 unspecified atom stereocenters. The molecule has 0 aliphatic heterocycles. The van der Waals surface area contributed by atoms with E-state index in [2.05, 4.69) is 47.8 Å². The van der Waals surface area contributed by atoms with Crippen molar-refractivity contribution in [3.63, 3.8) is 0 Å². The van der Waals surface area contributed by atoms with Gasteiger partial charge in [0.2, 0.25) is 0 Å². The molecule has 3 aromatic rings. The van der Waals surface area contributed by atoms with Gasteiger partial charge in [-0.3, -0.25) is 0 Å². The van der Waals surface area contributed by atoms with Gasteiger partial charge in [-0.2, -0.15) is 0 Å². The molecule has 0 aliphatic rings. The Bertz CT molecular complexity index is 847. The van der Waals surface area contributed by atoms with Gasteiger partial charge in [-0.15, -0.1) is 0 Å². The molecule has 0 fully saturated rings. The van der Waals surface area contributed by atoms with Gasteiger partial charge in [-0.1, -0.05) is 60.7 Å². The third kappa shape index (κ3) is 5.84. The largest absolute Gasteiger partial charge is 0.493 e. The molecule has 4 nitrogen and oxygen atoms in total. The van der Waals surface area contributed by atoms with Crippen LogP contribution in [0.25, 0.3) is 0 Å². The molecule has 0 spiro atoms. The van der Waals surface area contributed by atoms with Crippen LogP contribution in [-0.4, -0.2) is 14.2 Å². The second kappa shape index (κ2) is 10.5. The highest BCUT2D eigenvalue weighted by atomic mass is 16.5.